The van der Waals surface area contributed by atoms with Gasteiger partial charge in [-0.2, -0.15) is 0 Å². The molecule has 2 aromatic carbocycles. The zero-order valence-electron chi connectivity index (χ0n) is 15.8. The van der Waals surface area contributed by atoms with Crippen LogP contribution in [-0.4, -0.2) is 60.3 Å². The molecule has 152 valence electrons. The predicted molar refractivity (Wildman–Crippen MR) is 104 cm³/mol. The van der Waals surface area contributed by atoms with Gasteiger partial charge in [-0.15, -0.1) is 0 Å². The third kappa shape index (κ3) is 5.10. The highest BCUT2D eigenvalue weighted by molar-refractivity contribution is 5.97. The van der Waals surface area contributed by atoms with Crippen LogP contribution in [-0.2, 0) is 16.0 Å². The zero-order valence-corrected chi connectivity index (χ0v) is 15.8. The minimum Gasteiger partial charge on any atom is -0.483 e. The molecule has 1 aliphatic heterocycles. The number of primary amides is 1. The molecule has 7 nitrogen and oxygen atoms in total. The standard InChI is InChI=1S/C21H22FN3O4/c22-17-7-3-1-5-15(17)13-20(27)24-9-11-25(12-10-24)21(28)16-6-2-4-8-18(16)29-14-19(23)26/h1-8H,9-14H2,(H2,23,26). The van der Waals surface area contributed by atoms with Crippen LogP contribution >= 0.6 is 0 Å². The summed E-state index contributed by atoms with van der Waals surface area (Å²) in [5.41, 5.74) is 5.79. The molecule has 0 aliphatic carbocycles. The number of carbonyl (C=O) groups is 3. The lowest BCUT2D eigenvalue weighted by atomic mass is 10.1. The molecule has 3 amide bonds. The maximum Gasteiger partial charge on any atom is 0.257 e. The van der Waals surface area contributed by atoms with Crippen LogP contribution in [0, 0.1) is 5.82 Å². The fraction of sp³-hybridized carbons (Fsp3) is 0.286. The molecule has 2 N–H and O–H groups in total. The van der Waals surface area contributed by atoms with Gasteiger partial charge in [-0.05, 0) is 23.8 Å². The second-order valence-electron chi connectivity index (χ2n) is 6.69. The van der Waals surface area contributed by atoms with E-state index in [4.69, 9.17) is 10.5 Å². The van der Waals surface area contributed by atoms with Gasteiger partial charge in [0.1, 0.15) is 11.6 Å². The molecule has 1 saturated heterocycles. The molecule has 1 heterocycles. The van der Waals surface area contributed by atoms with Gasteiger partial charge in [0.2, 0.25) is 5.91 Å². The first-order valence-corrected chi connectivity index (χ1v) is 9.26. The van der Waals surface area contributed by atoms with Crippen molar-refractivity contribution in [3.8, 4) is 5.75 Å². The van der Waals surface area contributed by atoms with E-state index in [0.29, 0.717) is 37.3 Å². The van der Waals surface area contributed by atoms with Crippen LogP contribution in [0.4, 0.5) is 4.39 Å². The van der Waals surface area contributed by atoms with Crippen LogP contribution in [0.5, 0.6) is 5.75 Å². The predicted octanol–water partition coefficient (Wildman–Crippen LogP) is 1.22. The second-order valence-corrected chi connectivity index (χ2v) is 6.69. The zero-order chi connectivity index (χ0) is 20.8. The molecule has 2 aromatic rings. The number of amides is 3. The van der Waals surface area contributed by atoms with E-state index in [9.17, 15) is 18.8 Å². The van der Waals surface area contributed by atoms with E-state index in [1.54, 1.807) is 52.3 Å². The number of piperazine rings is 1. The summed E-state index contributed by atoms with van der Waals surface area (Å²) in [5, 5.41) is 0. The number of nitrogens with zero attached hydrogens (tertiary/aromatic N) is 2. The molecule has 3 rings (SSSR count). The summed E-state index contributed by atoms with van der Waals surface area (Å²) >= 11 is 0. The Balaban J connectivity index is 1.59. The van der Waals surface area contributed by atoms with Crippen molar-refractivity contribution in [1.82, 2.24) is 9.80 Å². The van der Waals surface area contributed by atoms with Crippen LogP contribution in [0.3, 0.4) is 0 Å². The smallest absolute Gasteiger partial charge is 0.257 e. The Morgan fingerprint density at radius 2 is 1.55 bits per heavy atom. The summed E-state index contributed by atoms with van der Waals surface area (Å²) in [6.45, 7) is 1.12. The summed E-state index contributed by atoms with van der Waals surface area (Å²) in [6.07, 6.45) is -0.00951. The fourth-order valence-electron chi connectivity index (χ4n) is 3.16. The quantitative estimate of drug-likeness (QED) is 0.790. The molecule has 0 spiro atoms. The van der Waals surface area contributed by atoms with Gasteiger partial charge in [-0.1, -0.05) is 30.3 Å². The van der Waals surface area contributed by atoms with Gasteiger partial charge in [-0.25, -0.2) is 4.39 Å². The summed E-state index contributed by atoms with van der Waals surface area (Å²) in [4.78, 5) is 39.5. The van der Waals surface area contributed by atoms with E-state index in [2.05, 4.69) is 0 Å². The monoisotopic (exact) mass is 399 g/mol. The molecule has 0 saturated carbocycles. The lowest BCUT2D eigenvalue weighted by Crippen LogP contribution is -2.51. The van der Waals surface area contributed by atoms with Crippen LogP contribution in [0.2, 0.25) is 0 Å². The Morgan fingerprint density at radius 3 is 2.24 bits per heavy atom. The van der Waals surface area contributed by atoms with Crippen molar-refractivity contribution in [2.75, 3.05) is 32.8 Å². The topological polar surface area (TPSA) is 92.9 Å². The highest BCUT2D eigenvalue weighted by Crippen LogP contribution is 2.21. The molecule has 0 unspecified atom stereocenters. The summed E-state index contributed by atoms with van der Waals surface area (Å²) in [7, 11) is 0. The van der Waals surface area contributed by atoms with Crippen LogP contribution < -0.4 is 10.5 Å². The molecule has 8 heteroatoms. The van der Waals surface area contributed by atoms with E-state index in [1.807, 2.05) is 0 Å². The summed E-state index contributed by atoms with van der Waals surface area (Å²) in [5.74, 6) is -1.16. The van der Waals surface area contributed by atoms with E-state index >= 15 is 0 Å². The molecule has 0 radical (unpaired) electrons. The number of para-hydroxylation sites is 1. The molecule has 1 aliphatic rings. The van der Waals surface area contributed by atoms with Crippen LogP contribution in [0.25, 0.3) is 0 Å². The van der Waals surface area contributed by atoms with E-state index < -0.39 is 11.7 Å². The fourth-order valence-corrected chi connectivity index (χ4v) is 3.16. The van der Waals surface area contributed by atoms with E-state index in [1.165, 1.54) is 6.07 Å². The molecule has 29 heavy (non-hydrogen) atoms. The van der Waals surface area contributed by atoms with Gasteiger partial charge in [0.05, 0.1) is 12.0 Å². The molecular weight excluding hydrogens is 377 g/mol. The van der Waals surface area contributed by atoms with Crippen molar-refractivity contribution in [2.24, 2.45) is 5.73 Å². The van der Waals surface area contributed by atoms with Gasteiger partial charge in [-0.3, -0.25) is 14.4 Å². The Morgan fingerprint density at radius 1 is 0.931 bits per heavy atom. The van der Waals surface area contributed by atoms with Crippen molar-refractivity contribution in [2.45, 2.75) is 6.42 Å². The van der Waals surface area contributed by atoms with Crippen molar-refractivity contribution in [1.29, 1.82) is 0 Å². The number of hydrogen-bond donors (Lipinski definition) is 1. The summed E-state index contributed by atoms with van der Waals surface area (Å²) in [6, 6.07) is 12.8. The molecule has 0 bridgehead atoms. The van der Waals surface area contributed by atoms with Crippen molar-refractivity contribution < 1.29 is 23.5 Å². The number of carbonyl (C=O) groups excluding carboxylic acids is 3. The van der Waals surface area contributed by atoms with Crippen molar-refractivity contribution >= 4 is 17.7 Å². The van der Waals surface area contributed by atoms with Gasteiger partial charge < -0.3 is 20.3 Å². The minimum absolute atomic E-state index is 0.00951. The normalized spacial score (nSPS) is 13.8. The SMILES string of the molecule is NC(=O)COc1ccccc1C(=O)N1CCN(C(=O)Cc2ccccc2F)CC1. The maximum absolute atomic E-state index is 13.8. The maximum atomic E-state index is 13.8. The average molecular weight is 399 g/mol. The third-order valence-electron chi connectivity index (χ3n) is 4.71. The first-order chi connectivity index (χ1) is 14.0. The Kier molecular flexibility index (Phi) is 6.43. The third-order valence-corrected chi connectivity index (χ3v) is 4.71. The number of halogens is 1. The van der Waals surface area contributed by atoms with Crippen LogP contribution in [0.15, 0.2) is 48.5 Å². The molecule has 0 aromatic heterocycles. The van der Waals surface area contributed by atoms with Crippen LogP contribution in [0.1, 0.15) is 15.9 Å². The highest BCUT2D eigenvalue weighted by atomic mass is 19.1. The Bertz CT molecular complexity index is 910. The van der Waals surface area contributed by atoms with E-state index in [-0.39, 0.29) is 30.6 Å². The van der Waals surface area contributed by atoms with Crippen molar-refractivity contribution in [3.05, 3.63) is 65.5 Å². The van der Waals surface area contributed by atoms with E-state index in [0.717, 1.165) is 0 Å². The number of ether oxygens (including phenoxy) is 1. The number of nitrogens with two attached hydrogens (primary N) is 1. The number of benzene rings is 2. The second kappa shape index (κ2) is 9.18. The van der Waals surface area contributed by atoms with Gasteiger partial charge in [0, 0.05) is 26.2 Å². The highest BCUT2D eigenvalue weighted by Gasteiger charge is 2.26. The van der Waals surface area contributed by atoms with Gasteiger partial charge in [0.15, 0.2) is 6.61 Å². The van der Waals surface area contributed by atoms with Gasteiger partial charge >= 0.3 is 0 Å². The minimum atomic E-state index is -0.630. The molecule has 0 atom stereocenters. The van der Waals surface area contributed by atoms with Gasteiger partial charge in [0.25, 0.3) is 11.8 Å². The number of hydrogen-bond acceptors (Lipinski definition) is 4. The lowest BCUT2D eigenvalue weighted by molar-refractivity contribution is -0.132. The average Bonchev–Trinajstić information content (AvgIpc) is 2.73. The Hall–Kier alpha value is -3.42. The first kappa shape index (κ1) is 20.3. The molecule has 1 fully saturated rings. The summed E-state index contributed by atoms with van der Waals surface area (Å²) < 4.78 is 19.1. The first-order valence-electron chi connectivity index (χ1n) is 9.26. The van der Waals surface area contributed by atoms with Crippen molar-refractivity contribution in [3.63, 3.8) is 0 Å². The molecular formula is C21H22FN3O4. The largest absolute Gasteiger partial charge is 0.483 e. The Labute approximate surface area is 167 Å². The number of rotatable bonds is 6. The lowest BCUT2D eigenvalue weighted by Gasteiger charge is -2.35.